The maximum atomic E-state index is 12.3. The van der Waals surface area contributed by atoms with Crippen molar-refractivity contribution in [3.63, 3.8) is 0 Å². The molecule has 1 aromatic carbocycles. The molecule has 0 unspecified atom stereocenters. The van der Waals surface area contributed by atoms with Crippen molar-refractivity contribution in [2.75, 3.05) is 18.0 Å². The number of nitriles is 1. The van der Waals surface area contributed by atoms with E-state index in [4.69, 9.17) is 5.26 Å². The Balaban J connectivity index is 1.69. The second-order valence-corrected chi connectivity index (χ2v) is 6.21. The number of hydrogen-bond donors (Lipinski definition) is 1. The van der Waals surface area contributed by atoms with Gasteiger partial charge in [-0.3, -0.25) is 4.79 Å². The molecule has 6 heteroatoms. The quantitative estimate of drug-likeness (QED) is 0.928. The minimum Gasteiger partial charge on any atom is -0.357 e. The first kappa shape index (κ1) is 16.9. The maximum Gasteiger partial charge on any atom is 0.251 e. The van der Waals surface area contributed by atoms with Gasteiger partial charge in [-0.2, -0.15) is 5.26 Å². The molecule has 1 saturated heterocycles. The van der Waals surface area contributed by atoms with Crippen molar-refractivity contribution < 1.29 is 4.79 Å². The molecular weight excluding hydrogens is 314 g/mol. The second kappa shape index (κ2) is 7.75. The lowest BCUT2D eigenvalue weighted by molar-refractivity contribution is 0.0950. The Morgan fingerprint density at radius 3 is 2.80 bits per heavy atom. The summed E-state index contributed by atoms with van der Waals surface area (Å²) in [5.74, 6) is 1.30. The lowest BCUT2D eigenvalue weighted by atomic mass is 10.1. The van der Waals surface area contributed by atoms with E-state index in [0.29, 0.717) is 17.0 Å². The number of piperidine rings is 1. The van der Waals surface area contributed by atoms with Crippen LogP contribution in [-0.4, -0.2) is 29.0 Å². The van der Waals surface area contributed by atoms with Crippen LogP contribution in [0.2, 0.25) is 0 Å². The second-order valence-electron chi connectivity index (χ2n) is 6.21. The molecule has 25 heavy (non-hydrogen) atoms. The van der Waals surface area contributed by atoms with Crippen molar-refractivity contribution in [3.05, 3.63) is 53.0 Å². The van der Waals surface area contributed by atoms with E-state index in [2.05, 4.69) is 20.2 Å². The number of nitrogens with zero attached hydrogens (tertiary/aromatic N) is 4. The fraction of sp³-hybridized carbons (Fsp3) is 0.368. The summed E-state index contributed by atoms with van der Waals surface area (Å²) < 4.78 is 0. The zero-order chi connectivity index (χ0) is 17.6. The average Bonchev–Trinajstić information content (AvgIpc) is 2.66. The van der Waals surface area contributed by atoms with E-state index in [1.54, 1.807) is 24.3 Å². The van der Waals surface area contributed by atoms with Gasteiger partial charge < -0.3 is 10.2 Å². The fourth-order valence-electron chi connectivity index (χ4n) is 2.97. The number of hydrogen-bond acceptors (Lipinski definition) is 5. The topological polar surface area (TPSA) is 81.9 Å². The predicted octanol–water partition coefficient (Wildman–Crippen LogP) is 2.58. The van der Waals surface area contributed by atoms with E-state index in [1.165, 1.54) is 19.3 Å². The van der Waals surface area contributed by atoms with Gasteiger partial charge in [-0.25, -0.2) is 9.97 Å². The van der Waals surface area contributed by atoms with Crippen molar-refractivity contribution in [1.82, 2.24) is 15.3 Å². The molecule has 1 aliphatic heterocycles. The molecule has 3 rings (SSSR count). The Morgan fingerprint density at radius 2 is 2.04 bits per heavy atom. The van der Waals surface area contributed by atoms with Gasteiger partial charge in [-0.1, -0.05) is 6.07 Å². The summed E-state index contributed by atoms with van der Waals surface area (Å²) in [6, 6.07) is 10.7. The van der Waals surface area contributed by atoms with E-state index in [1.807, 2.05) is 19.1 Å². The van der Waals surface area contributed by atoms with Crippen LogP contribution in [0.5, 0.6) is 0 Å². The summed E-state index contributed by atoms with van der Waals surface area (Å²) in [7, 11) is 0. The van der Waals surface area contributed by atoms with Crippen molar-refractivity contribution in [3.8, 4) is 6.07 Å². The largest absolute Gasteiger partial charge is 0.357 e. The summed E-state index contributed by atoms with van der Waals surface area (Å²) >= 11 is 0. The Morgan fingerprint density at radius 1 is 1.24 bits per heavy atom. The van der Waals surface area contributed by atoms with Crippen LogP contribution in [0.1, 0.15) is 46.7 Å². The average molecular weight is 335 g/mol. The van der Waals surface area contributed by atoms with Crippen LogP contribution < -0.4 is 10.2 Å². The third-order valence-corrected chi connectivity index (χ3v) is 4.23. The Hall–Kier alpha value is -2.94. The number of amides is 1. The first-order chi connectivity index (χ1) is 12.2. The summed E-state index contributed by atoms with van der Waals surface area (Å²) in [5, 5.41) is 11.8. The first-order valence-electron chi connectivity index (χ1n) is 8.53. The van der Waals surface area contributed by atoms with Crippen LogP contribution in [0.3, 0.4) is 0 Å². The van der Waals surface area contributed by atoms with Gasteiger partial charge in [0.25, 0.3) is 5.91 Å². The number of aryl methyl sites for hydroxylation is 1. The molecule has 1 fully saturated rings. The minimum atomic E-state index is -0.235. The summed E-state index contributed by atoms with van der Waals surface area (Å²) in [5.41, 5.74) is 1.82. The number of carbonyl (C=O) groups excluding carboxylic acids is 1. The first-order valence-corrected chi connectivity index (χ1v) is 8.53. The van der Waals surface area contributed by atoms with E-state index < -0.39 is 0 Å². The van der Waals surface area contributed by atoms with E-state index >= 15 is 0 Å². The Labute approximate surface area is 147 Å². The van der Waals surface area contributed by atoms with Crippen LogP contribution >= 0.6 is 0 Å². The number of carbonyl (C=O) groups is 1. The lowest BCUT2D eigenvalue weighted by Crippen LogP contribution is -2.31. The van der Waals surface area contributed by atoms with Gasteiger partial charge in [-0.15, -0.1) is 0 Å². The van der Waals surface area contributed by atoms with Gasteiger partial charge in [0.1, 0.15) is 11.6 Å². The normalized spacial score (nSPS) is 14.0. The number of nitrogens with one attached hydrogen (secondary N) is 1. The summed E-state index contributed by atoms with van der Waals surface area (Å²) in [6.45, 7) is 4.24. The van der Waals surface area contributed by atoms with Crippen molar-refractivity contribution in [2.24, 2.45) is 0 Å². The Kier molecular flexibility index (Phi) is 5.24. The highest BCUT2D eigenvalue weighted by Gasteiger charge is 2.14. The molecule has 0 radical (unpaired) electrons. The van der Waals surface area contributed by atoms with Crippen LogP contribution in [0, 0.1) is 18.3 Å². The van der Waals surface area contributed by atoms with Crippen LogP contribution in [-0.2, 0) is 6.54 Å². The third kappa shape index (κ3) is 4.32. The zero-order valence-electron chi connectivity index (χ0n) is 14.3. The predicted molar refractivity (Wildman–Crippen MR) is 95.2 cm³/mol. The van der Waals surface area contributed by atoms with E-state index in [0.717, 1.165) is 24.6 Å². The Bertz CT molecular complexity index is 806. The molecule has 0 atom stereocenters. The highest BCUT2D eigenvalue weighted by Crippen LogP contribution is 2.18. The third-order valence-electron chi connectivity index (χ3n) is 4.23. The molecule has 2 aromatic rings. The molecule has 0 bridgehead atoms. The summed E-state index contributed by atoms with van der Waals surface area (Å²) in [4.78, 5) is 23.6. The highest BCUT2D eigenvalue weighted by molar-refractivity contribution is 5.94. The highest BCUT2D eigenvalue weighted by atomic mass is 16.1. The summed E-state index contributed by atoms with van der Waals surface area (Å²) in [6.07, 6.45) is 3.64. The van der Waals surface area contributed by atoms with Crippen LogP contribution in [0.4, 0.5) is 5.82 Å². The molecule has 2 heterocycles. The number of aromatic nitrogens is 2. The van der Waals surface area contributed by atoms with E-state index in [-0.39, 0.29) is 12.5 Å². The number of anilines is 1. The molecular formula is C19H21N5O. The van der Waals surface area contributed by atoms with Crippen LogP contribution in [0.15, 0.2) is 30.3 Å². The van der Waals surface area contributed by atoms with Crippen LogP contribution in [0.25, 0.3) is 0 Å². The van der Waals surface area contributed by atoms with Gasteiger partial charge >= 0.3 is 0 Å². The van der Waals surface area contributed by atoms with Gasteiger partial charge in [-0.05, 0) is 44.4 Å². The number of rotatable bonds is 4. The van der Waals surface area contributed by atoms with Gasteiger partial charge in [0.2, 0.25) is 0 Å². The standard InChI is InChI=1S/C19H21N5O/c1-14-10-18(24-8-3-2-4-9-24)23-17(22-14)13-21-19(25)16-7-5-6-15(11-16)12-20/h5-7,10-11H,2-4,8-9,13H2,1H3,(H,21,25). The molecule has 1 N–H and O–H groups in total. The van der Waals surface area contributed by atoms with Gasteiger partial charge in [0.15, 0.2) is 0 Å². The fourth-order valence-corrected chi connectivity index (χ4v) is 2.97. The molecule has 0 spiro atoms. The molecule has 6 nitrogen and oxygen atoms in total. The lowest BCUT2D eigenvalue weighted by Gasteiger charge is -2.28. The van der Waals surface area contributed by atoms with Crippen molar-refractivity contribution in [1.29, 1.82) is 5.26 Å². The number of benzene rings is 1. The van der Waals surface area contributed by atoms with Crippen molar-refractivity contribution in [2.45, 2.75) is 32.7 Å². The molecule has 1 aliphatic rings. The smallest absolute Gasteiger partial charge is 0.251 e. The monoisotopic (exact) mass is 335 g/mol. The maximum absolute atomic E-state index is 12.3. The minimum absolute atomic E-state index is 0.235. The van der Waals surface area contributed by atoms with Gasteiger partial charge in [0.05, 0.1) is 18.2 Å². The molecule has 0 aliphatic carbocycles. The SMILES string of the molecule is Cc1cc(N2CCCCC2)nc(CNC(=O)c2cccc(C#N)c2)n1. The molecule has 0 saturated carbocycles. The zero-order valence-corrected chi connectivity index (χ0v) is 14.3. The molecule has 1 aromatic heterocycles. The van der Waals surface area contributed by atoms with Gasteiger partial charge in [0, 0.05) is 30.4 Å². The van der Waals surface area contributed by atoms with Crippen molar-refractivity contribution >= 4 is 11.7 Å². The van der Waals surface area contributed by atoms with E-state index in [9.17, 15) is 4.79 Å². The molecule has 128 valence electrons. The molecule has 1 amide bonds.